The summed E-state index contributed by atoms with van der Waals surface area (Å²) < 4.78 is 52.1. The molecule has 0 radical (unpaired) electrons. The molecule has 4 rings (SSSR count). The van der Waals surface area contributed by atoms with Gasteiger partial charge < -0.3 is 4.98 Å². The molecule has 0 amide bonds. The van der Waals surface area contributed by atoms with Gasteiger partial charge in [-0.15, -0.1) is 0 Å². The Morgan fingerprint density at radius 3 is 2.53 bits per heavy atom. The van der Waals surface area contributed by atoms with Gasteiger partial charge in [-0.05, 0) is 65.4 Å². The fraction of sp³-hybridized carbons (Fsp3) is 0.136. The second-order valence-corrected chi connectivity index (χ2v) is 7.52. The molecule has 3 N–H and O–H groups in total. The van der Waals surface area contributed by atoms with Crippen molar-refractivity contribution >= 4 is 23.0 Å². The molecule has 1 aromatic heterocycles. The van der Waals surface area contributed by atoms with Crippen molar-refractivity contribution in [3.05, 3.63) is 83.4 Å². The van der Waals surface area contributed by atoms with Gasteiger partial charge in [-0.1, -0.05) is 30.3 Å². The third-order valence-electron chi connectivity index (χ3n) is 4.84. The van der Waals surface area contributed by atoms with Gasteiger partial charge >= 0.3 is 6.18 Å². The van der Waals surface area contributed by atoms with Crippen LogP contribution in [0, 0.1) is 5.82 Å². The summed E-state index contributed by atoms with van der Waals surface area (Å²) in [7, 11) is 0. The summed E-state index contributed by atoms with van der Waals surface area (Å²) in [5.41, 5.74) is 2.73. The molecule has 0 aliphatic carbocycles. The second-order valence-electron chi connectivity index (χ2n) is 6.84. The maximum absolute atomic E-state index is 13.5. The number of aryl methyl sites for hydroxylation is 2. The molecule has 0 spiro atoms. The minimum absolute atomic E-state index is 0.308. The van der Waals surface area contributed by atoms with Crippen molar-refractivity contribution in [3.8, 4) is 11.1 Å². The standard InChI is InChI=1S/C22H17F4N3S/c23-17-8-5-13(11-16(17)22(24,25)26)6-10-21-28-18-9-7-14(12-19(18)29-21)15-3-1-2-4-20(15)30-27/h1-5,7-9,11-12H,6,10,27H2,(H,28,29). The van der Waals surface area contributed by atoms with Gasteiger partial charge in [0.2, 0.25) is 0 Å². The molecule has 1 heterocycles. The van der Waals surface area contributed by atoms with E-state index in [2.05, 4.69) is 9.97 Å². The van der Waals surface area contributed by atoms with Crippen molar-refractivity contribution in [2.45, 2.75) is 23.9 Å². The molecule has 3 aromatic carbocycles. The van der Waals surface area contributed by atoms with Crippen LogP contribution in [0.3, 0.4) is 0 Å². The molecule has 0 unspecified atom stereocenters. The molecule has 0 aliphatic heterocycles. The number of benzene rings is 3. The Morgan fingerprint density at radius 1 is 0.967 bits per heavy atom. The maximum Gasteiger partial charge on any atom is 0.419 e. The Bertz CT molecular complexity index is 1200. The topological polar surface area (TPSA) is 54.7 Å². The van der Waals surface area contributed by atoms with Crippen LogP contribution in [-0.4, -0.2) is 9.97 Å². The van der Waals surface area contributed by atoms with Gasteiger partial charge in [0.15, 0.2) is 0 Å². The van der Waals surface area contributed by atoms with E-state index in [0.29, 0.717) is 24.2 Å². The number of aromatic nitrogens is 2. The summed E-state index contributed by atoms with van der Waals surface area (Å²) in [6.45, 7) is 0. The van der Waals surface area contributed by atoms with E-state index in [9.17, 15) is 17.6 Å². The van der Waals surface area contributed by atoms with Crippen LogP contribution in [0.15, 0.2) is 65.6 Å². The Hall–Kier alpha value is -2.84. The highest BCUT2D eigenvalue weighted by molar-refractivity contribution is 7.97. The van der Waals surface area contributed by atoms with Gasteiger partial charge in [0, 0.05) is 11.3 Å². The minimum atomic E-state index is -4.71. The lowest BCUT2D eigenvalue weighted by atomic mass is 10.1. The zero-order valence-electron chi connectivity index (χ0n) is 15.6. The third kappa shape index (κ3) is 4.20. The number of nitrogens with one attached hydrogen (secondary N) is 1. The number of aromatic amines is 1. The highest BCUT2D eigenvalue weighted by Crippen LogP contribution is 2.33. The minimum Gasteiger partial charge on any atom is -0.342 e. The molecule has 0 saturated carbocycles. The Morgan fingerprint density at radius 2 is 1.77 bits per heavy atom. The lowest BCUT2D eigenvalue weighted by Crippen LogP contribution is -2.09. The normalized spacial score (nSPS) is 11.9. The van der Waals surface area contributed by atoms with Gasteiger partial charge in [-0.2, -0.15) is 13.2 Å². The molecule has 0 fully saturated rings. The van der Waals surface area contributed by atoms with Crippen LogP contribution in [0.1, 0.15) is 17.0 Å². The summed E-state index contributed by atoms with van der Waals surface area (Å²) in [6, 6.07) is 16.7. The smallest absolute Gasteiger partial charge is 0.342 e. The van der Waals surface area contributed by atoms with Crippen LogP contribution in [0.5, 0.6) is 0 Å². The Labute approximate surface area is 174 Å². The average Bonchev–Trinajstić information content (AvgIpc) is 3.14. The van der Waals surface area contributed by atoms with Gasteiger partial charge in [-0.3, -0.25) is 5.14 Å². The number of hydrogen-bond donors (Lipinski definition) is 2. The Kier molecular flexibility index (Phi) is 5.53. The highest BCUT2D eigenvalue weighted by Gasteiger charge is 2.34. The number of fused-ring (bicyclic) bond motifs is 1. The molecule has 154 valence electrons. The molecule has 0 saturated heterocycles. The molecule has 3 nitrogen and oxygen atoms in total. The van der Waals surface area contributed by atoms with E-state index >= 15 is 0 Å². The molecule has 30 heavy (non-hydrogen) atoms. The molecule has 0 atom stereocenters. The van der Waals surface area contributed by atoms with Gasteiger partial charge in [0.05, 0.1) is 16.6 Å². The van der Waals surface area contributed by atoms with Crippen LogP contribution in [0.4, 0.5) is 17.6 Å². The highest BCUT2D eigenvalue weighted by atomic mass is 32.2. The summed E-state index contributed by atoms with van der Waals surface area (Å²) in [5.74, 6) is -0.611. The van der Waals surface area contributed by atoms with Crippen molar-refractivity contribution in [2.24, 2.45) is 5.14 Å². The fourth-order valence-electron chi connectivity index (χ4n) is 3.36. The van der Waals surface area contributed by atoms with Gasteiger partial charge in [-0.25, -0.2) is 9.37 Å². The van der Waals surface area contributed by atoms with Crippen LogP contribution in [0.25, 0.3) is 22.2 Å². The average molecular weight is 431 g/mol. The first-order chi connectivity index (χ1) is 14.3. The van der Waals surface area contributed by atoms with Crippen molar-refractivity contribution in [1.29, 1.82) is 0 Å². The van der Waals surface area contributed by atoms with E-state index in [-0.39, 0.29) is 0 Å². The van der Waals surface area contributed by atoms with Crippen molar-refractivity contribution in [1.82, 2.24) is 9.97 Å². The van der Waals surface area contributed by atoms with E-state index < -0.39 is 17.6 Å². The summed E-state index contributed by atoms with van der Waals surface area (Å²) in [6.07, 6.45) is -4.00. The van der Waals surface area contributed by atoms with Crippen LogP contribution in [0.2, 0.25) is 0 Å². The first-order valence-electron chi connectivity index (χ1n) is 9.15. The number of H-pyrrole nitrogens is 1. The number of nitrogens with zero attached hydrogens (tertiary/aromatic N) is 1. The predicted molar refractivity (Wildman–Crippen MR) is 110 cm³/mol. The maximum atomic E-state index is 13.5. The number of alkyl halides is 3. The number of halogens is 4. The summed E-state index contributed by atoms with van der Waals surface area (Å²) in [4.78, 5) is 8.71. The van der Waals surface area contributed by atoms with E-state index in [4.69, 9.17) is 5.14 Å². The molecule has 8 heteroatoms. The Balaban J connectivity index is 1.56. The molecular formula is C22H17F4N3S. The van der Waals surface area contributed by atoms with E-state index in [1.807, 2.05) is 42.5 Å². The quantitative estimate of drug-likeness (QED) is 0.295. The molecule has 0 aliphatic rings. The van der Waals surface area contributed by atoms with Crippen molar-refractivity contribution in [3.63, 3.8) is 0 Å². The third-order valence-corrected chi connectivity index (χ3v) is 5.45. The van der Waals surface area contributed by atoms with Crippen molar-refractivity contribution in [2.75, 3.05) is 0 Å². The first-order valence-corrected chi connectivity index (χ1v) is 10.0. The van der Waals surface area contributed by atoms with Crippen LogP contribution >= 0.6 is 11.9 Å². The number of imidazole rings is 1. The van der Waals surface area contributed by atoms with E-state index in [1.165, 1.54) is 18.0 Å². The lowest BCUT2D eigenvalue weighted by molar-refractivity contribution is -0.140. The zero-order valence-corrected chi connectivity index (χ0v) is 16.4. The lowest BCUT2D eigenvalue weighted by Gasteiger charge is -2.09. The SMILES string of the molecule is NSc1ccccc1-c1ccc2[nH]c(CCc3ccc(F)c(C(F)(F)F)c3)nc2c1. The molecular weight excluding hydrogens is 414 g/mol. The van der Waals surface area contributed by atoms with Gasteiger partial charge in [0.1, 0.15) is 11.6 Å². The fourth-order valence-corrected chi connectivity index (χ4v) is 3.83. The van der Waals surface area contributed by atoms with E-state index in [1.54, 1.807) is 0 Å². The predicted octanol–water partition coefficient (Wildman–Crippen LogP) is 6.14. The number of nitrogens with two attached hydrogens (primary N) is 1. The van der Waals surface area contributed by atoms with Gasteiger partial charge in [0.25, 0.3) is 0 Å². The zero-order chi connectivity index (χ0) is 21.3. The summed E-state index contributed by atoms with van der Waals surface area (Å²) in [5, 5.41) is 5.75. The molecule has 4 aromatic rings. The first kappa shape index (κ1) is 20.4. The summed E-state index contributed by atoms with van der Waals surface area (Å²) >= 11 is 1.18. The number of rotatable bonds is 5. The largest absolute Gasteiger partial charge is 0.419 e. The van der Waals surface area contributed by atoms with Crippen molar-refractivity contribution < 1.29 is 17.6 Å². The monoisotopic (exact) mass is 431 g/mol. The number of hydrogen-bond acceptors (Lipinski definition) is 3. The second kappa shape index (κ2) is 8.12. The van der Waals surface area contributed by atoms with E-state index in [0.717, 1.165) is 39.2 Å². The van der Waals surface area contributed by atoms with Crippen LogP contribution in [-0.2, 0) is 19.0 Å². The molecule has 0 bridgehead atoms. The van der Waals surface area contributed by atoms with Crippen LogP contribution < -0.4 is 5.14 Å².